The molecular weight excluding hydrogens is 377 g/mol. The van der Waals surface area contributed by atoms with Crippen LogP contribution in [-0.2, 0) is 5.60 Å². The molecular formula is C10H7F6IO. The van der Waals surface area contributed by atoms with Gasteiger partial charge in [0.2, 0.25) is 0 Å². The zero-order valence-electron chi connectivity index (χ0n) is 8.83. The largest absolute Gasteiger partial charge is 0.430 e. The summed E-state index contributed by atoms with van der Waals surface area (Å²) in [5.74, 6) is 0. The van der Waals surface area contributed by atoms with Crippen LogP contribution in [0.5, 0.6) is 0 Å². The van der Waals surface area contributed by atoms with Crippen molar-refractivity contribution < 1.29 is 31.4 Å². The van der Waals surface area contributed by atoms with Crippen molar-refractivity contribution in [3.63, 3.8) is 0 Å². The van der Waals surface area contributed by atoms with Crippen molar-refractivity contribution in [3.8, 4) is 0 Å². The molecule has 0 unspecified atom stereocenters. The molecule has 0 saturated heterocycles. The van der Waals surface area contributed by atoms with E-state index < -0.39 is 23.5 Å². The van der Waals surface area contributed by atoms with E-state index in [4.69, 9.17) is 5.11 Å². The molecule has 1 nitrogen and oxygen atoms in total. The van der Waals surface area contributed by atoms with Gasteiger partial charge in [0, 0.05) is 9.13 Å². The predicted octanol–water partition coefficient (Wildman–Crippen LogP) is 3.91. The third-order valence-electron chi connectivity index (χ3n) is 2.41. The molecule has 0 aliphatic heterocycles. The third kappa shape index (κ3) is 2.44. The summed E-state index contributed by atoms with van der Waals surface area (Å²) < 4.78 is 75.5. The average Bonchev–Trinajstić information content (AvgIpc) is 2.17. The summed E-state index contributed by atoms with van der Waals surface area (Å²) >= 11 is 1.60. The van der Waals surface area contributed by atoms with Gasteiger partial charge in [0.1, 0.15) is 0 Å². The Morgan fingerprint density at radius 2 is 1.44 bits per heavy atom. The lowest BCUT2D eigenvalue weighted by Crippen LogP contribution is -2.53. The van der Waals surface area contributed by atoms with Gasteiger partial charge in [0.25, 0.3) is 5.60 Å². The van der Waals surface area contributed by atoms with Crippen LogP contribution in [0.25, 0.3) is 0 Å². The smallest absolute Gasteiger partial charge is 0.369 e. The minimum absolute atomic E-state index is 0.206. The Hall–Kier alpha value is -0.510. The molecule has 0 spiro atoms. The molecule has 0 heterocycles. The van der Waals surface area contributed by atoms with Crippen LogP contribution in [0, 0.1) is 10.5 Å². The summed E-state index contributed by atoms with van der Waals surface area (Å²) in [5, 5.41) is 9.12. The van der Waals surface area contributed by atoms with E-state index in [1.807, 2.05) is 0 Å². The van der Waals surface area contributed by atoms with Crippen LogP contribution in [0.2, 0.25) is 0 Å². The minimum Gasteiger partial charge on any atom is -0.369 e. The van der Waals surface area contributed by atoms with Gasteiger partial charge in [-0.25, -0.2) is 0 Å². The van der Waals surface area contributed by atoms with Gasteiger partial charge in [-0.3, -0.25) is 0 Å². The van der Waals surface area contributed by atoms with Crippen LogP contribution in [0.15, 0.2) is 18.2 Å². The number of halogens is 7. The van der Waals surface area contributed by atoms with Crippen molar-refractivity contribution in [2.45, 2.75) is 24.9 Å². The highest BCUT2D eigenvalue weighted by molar-refractivity contribution is 14.1. The fourth-order valence-corrected chi connectivity index (χ4v) is 1.82. The summed E-state index contributed by atoms with van der Waals surface area (Å²) in [7, 11) is 0. The molecule has 0 radical (unpaired) electrons. The van der Waals surface area contributed by atoms with Crippen molar-refractivity contribution in [3.05, 3.63) is 32.9 Å². The lowest BCUT2D eigenvalue weighted by molar-refractivity contribution is -0.376. The minimum atomic E-state index is -5.84. The van der Waals surface area contributed by atoms with E-state index in [0.717, 1.165) is 6.07 Å². The predicted molar refractivity (Wildman–Crippen MR) is 59.9 cm³/mol. The Bertz CT molecular complexity index is 437. The van der Waals surface area contributed by atoms with Crippen molar-refractivity contribution in [1.29, 1.82) is 0 Å². The van der Waals surface area contributed by atoms with E-state index in [9.17, 15) is 26.3 Å². The number of alkyl halides is 6. The SMILES string of the molecule is Cc1ccc(C(O)(C(F)(F)F)C(F)(F)F)cc1I. The molecule has 1 aromatic carbocycles. The summed E-state index contributed by atoms with van der Waals surface area (Å²) in [6.45, 7) is 1.53. The first kappa shape index (κ1) is 15.5. The molecule has 1 N–H and O–H groups in total. The highest BCUT2D eigenvalue weighted by Gasteiger charge is 2.71. The highest BCUT2D eigenvalue weighted by Crippen LogP contribution is 2.50. The molecule has 8 heteroatoms. The maximum Gasteiger partial charge on any atom is 0.430 e. The molecule has 1 aromatic rings. The summed E-state index contributed by atoms with van der Waals surface area (Å²) in [6.07, 6.45) is -11.7. The topological polar surface area (TPSA) is 20.2 Å². The quantitative estimate of drug-likeness (QED) is 0.575. The zero-order chi connectivity index (χ0) is 14.4. The number of hydrogen-bond donors (Lipinski definition) is 1. The Labute approximate surface area is 112 Å². The molecule has 0 aliphatic carbocycles. The molecule has 0 saturated carbocycles. The van der Waals surface area contributed by atoms with Crippen LogP contribution in [0.4, 0.5) is 26.3 Å². The average molecular weight is 384 g/mol. The van der Waals surface area contributed by atoms with Crippen LogP contribution < -0.4 is 0 Å². The number of benzene rings is 1. The Kier molecular flexibility index (Phi) is 3.93. The fraction of sp³-hybridized carbons (Fsp3) is 0.400. The molecule has 0 bridgehead atoms. The lowest BCUT2D eigenvalue weighted by Gasteiger charge is -2.32. The first-order valence-corrected chi connectivity index (χ1v) is 5.61. The molecule has 0 aromatic heterocycles. The number of aryl methyl sites for hydroxylation is 1. The Balaban J connectivity index is 3.51. The van der Waals surface area contributed by atoms with E-state index in [0.29, 0.717) is 17.7 Å². The van der Waals surface area contributed by atoms with Gasteiger partial charge in [-0.2, -0.15) is 26.3 Å². The maximum absolute atomic E-state index is 12.5. The second kappa shape index (κ2) is 4.55. The van der Waals surface area contributed by atoms with Gasteiger partial charge in [0.15, 0.2) is 0 Å². The number of hydrogen-bond acceptors (Lipinski definition) is 1. The van der Waals surface area contributed by atoms with Crippen molar-refractivity contribution >= 4 is 22.6 Å². The van der Waals surface area contributed by atoms with Gasteiger partial charge in [-0.1, -0.05) is 12.1 Å². The Morgan fingerprint density at radius 1 is 1.00 bits per heavy atom. The van der Waals surface area contributed by atoms with Crippen LogP contribution in [0.1, 0.15) is 11.1 Å². The highest BCUT2D eigenvalue weighted by atomic mass is 127. The van der Waals surface area contributed by atoms with Gasteiger partial charge in [-0.05, 0) is 41.1 Å². The van der Waals surface area contributed by atoms with Gasteiger partial charge in [0.05, 0.1) is 0 Å². The molecule has 1 rings (SSSR count). The standard InChI is InChI=1S/C10H7F6IO/c1-5-2-3-6(4-7(5)17)8(18,9(11,12)13)10(14,15)16/h2-4,18H,1H3. The van der Waals surface area contributed by atoms with Gasteiger partial charge in [-0.15, -0.1) is 0 Å². The normalized spacial score (nSPS) is 13.8. The van der Waals surface area contributed by atoms with E-state index >= 15 is 0 Å². The summed E-state index contributed by atoms with van der Waals surface area (Å²) in [4.78, 5) is 0. The summed E-state index contributed by atoms with van der Waals surface area (Å²) in [6, 6.07) is 2.40. The molecule has 0 atom stereocenters. The number of rotatable bonds is 1. The van der Waals surface area contributed by atoms with E-state index in [1.54, 1.807) is 22.6 Å². The van der Waals surface area contributed by atoms with Crippen LogP contribution in [-0.4, -0.2) is 17.5 Å². The Morgan fingerprint density at radius 3 is 1.78 bits per heavy atom. The second-order valence-corrected chi connectivity index (χ2v) is 4.83. The second-order valence-electron chi connectivity index (χ2n) is 3.67. The van der Waals surface area contributed by atoms with E-state index in [2.05, 4.69) is 0 Å². The van der Waals surface area contributed by atoms with E-state index in [1.165, 1.54) is 6.92 Å². The van der Waals surface area contributed by atoms with Crippen molar-refractivity contribution in [1.82, 2.24) is 0 Å². The number of aliphatic hydroxyl groups is 1. The third-order valence-corrected chi connectivity index (χ3v) is 3.57. The van der Waals surface area contributed by atoms with Crippen LogP contribution in [0.3, 0.4) is 0 Å². The van der Waals surface area contributed by atoms with Gasteiger partial charge < -0.3 is 5.11 Å². The maximum atomic E-state index is 12.5. The molecule has 0 fully saturated rings. The molecule has 0 amide bonds. The summed E-state index contributed by atoms with van der Waals surface area (Å²) in [5.41, 5.74) is -5.57. The first-order chi connectivity index (χ1) is 7.91. The zero-order valence-corrected chi connectivity index (χ0v) is 11.0. The first-order valence-electron chi connectivity index (χ1n) is 4.53. The van der Waals surface area contributed by atoms with Gasteiger partial charge >= 0.3 is 12.4 Å². The van der Waals surface area contributed by atoms with Crippen LogP contribution >= 0.6 is 22.6 Å². The van der Waals surface area contributed by atoms with Crippen molar-refractivity contribution in [2.24, 2.45) is 0 Å². The lowest BCUT2D eigenvalue weighted by atomic mass is 9.92. The van der Waals surface area contributed by atoms with Crippen molar-refractivity contribution in [2.75, 3.05) is 0 Å². The fourth-order valence-electron chi connectivity index (χ4n) is 1.31. The molecule has 18 heavy (non-hydrogen) atoms. The molecule has 102 valence electrons. The molecule has 0 aliphatic rings. The monoisotopic (exact) mass is 384 g/mol. The van der Waals surface area contributed by atoms with E-state index in [-0.39, 0.29) is 3.57 Å².